The number of carbonyl (C=O) groups excluding carboxylic acids is 1. The second-order valence-electron chi connectivity index (χ2n) is 3.77. The van der Waals surface area contributed by atoms with Gasteiger partial charge in [-0.05, 0) is 52.7 Å². The maximum atomic E-state index is 13.5. The Hall–Kier alpha value is -1.75. The van der Waals surface area contributed by atoms with Gasteiger partial charge in [0.05, 0.1) is 5.69 Å². The molecule has 0 aliphatic carbocycles. The second-order valence-corrected chi connectivity index (χ2v) is 4.63. The van der Waals surface area contributed by atoms with E-state index >= 15 is 0 Å². The summed E-state index contributed by atoms with van der Waals surface area (Å²) in [6.45, 7) is 1.83. The molecule has 0 radical (unpaired) electrons. The summed E-state index contributed by atoms with van der Waals surface area (Å²) in [5, 5.41) is 2.50. The summed E-state index contributed by atoms with van der Waals surface area (Å²) in [6, 6.07) is 7.94. The van der Waals surface area contributed by atoms with Crippen molar-refractivity contribution in [3.05, 3.63) is 58.1 Å². The monoisotopic (exact) mass is 308 g/mol. The number of nitrogens with zero attached hydrogens (tertiary/aromatic N) is 1. The topological polar surface area (TPSA) is 42.0 Å². The molecule has 0 saturated carbocycles. The average molecular weight is 309 g/mol. The van der Waals surface area contributed by atoms with Crippen LogP contribution in [0.5, 0.6) is 0 Å². The number of hydrogen-bond donors (Lipinski definition) is 1. The van der Waals surface area contributed by atoms with Gasteiger partial charge in [-0.3, -0.25) is 4.79 Å². The van der Waals surface area contributed by atoms with Crippen molar-refractivity contribution in [3.63, 3.8) is 0 Å². The lowest BCUT2D eigenvalue weighted by Gasteiger charge is -2.07. The molecule has 0 saturated heterocycles. The first-order valence-corrected chi connectivity index (χ1v) is 6.05. The molecule has 1 aromatic heterocycles. The quantitative estimate of drug-likeness (QED) is 0.922. The number of anilines is 1. The Morgan fingerprint density at radius 2 is 2.17 bits per heavy atom. The molecule has 3 nitrogen and oxygen atoms in total. The summed E-state index contributed by atoms with van der Waals surface area (Å²) in [6.07, 6.45) is 1.51. The summed E-state index contributed by atoms with van der Waals surface area (Å²) < 4.78 is 14.1. The maximum absolute atomic E-state index is 13.5. The summed E-state index contributed by atoms with van der Waals surface area (Å²) in [4.78, 5) is 15.9. The molecule has 1 amide bonds. The standard InChI is InChI=1S/C13H10BrFN2O/c1-8-4-5-10(15)11(7-8)17-13(18)12-9(14)3-2-6-16-12/h2-7H,1H3,(H,17,18). The van der Waals surface area contributed by atoms with Crippen LogP contribution in [0.4, 0.5) is 10.1 Å². The lowest BCUT2D eigenvalue weighted by atomic mass is 10.2. The zero-order valence-electron chi connectivity index (χ0n) is 9.58. The largest absolute Gasteiger partial charge is 0.318 e. The number of benzene rings is 1. The summed E-state index contributed by atoms with van der Waals surface area (Å²) in [5.74, 6) is -0.923. The highest BCUT2D eigenvalue weighted by atomic mass is 79.9. The molecule has 0 aliphatic rings. The predicted octanol–water partition coefficient (Wildman–Crippen LogP) is 3.54. The molecule has 2 rings (SSSR count). The first-order chi connectivity index (χ1) is 8.58. The molecule has 18 heavy (non-hydrogen) atoms. The molecule has 1 aromatic carbocycles. The molecular formula is C13H10BrFN2O. The van der Waals surface area contributed by atoms with Gasteiger partial charge in [-0.2, -0.15) is 0 Å². The van der Waals surface area contributed by atoms with E-state index in [1.807, 2.05) is 6.92 Å². The second kappa shape index (κ2) is 5.27. The van der Waals surface area contributed by atoms with Crippen LogP contribution >= 0.6 is 15.9 Å². The van der Waals surface area contributed by atoms with Gasteiger partial charge in [0.2, 0.25) is 0 Å². The van der Waals surface area contributed by atoms with Crippen molar-refractivity contribution < 1.29 is 9.18 Å². The van der Waals surface area contributed by atoms with Crippen LogP contribution in [0.25, 0.3) is 0 Å². The smallest absolute Gasteiger partial charge is 0.275 e. The fourth-order valence-electron chi connectivity index (χ4n) is 1.47. The van der Waals surface area contributed by atoms with Gasteiger partial charge in [-0.15, -0.1) is 0 Å². The van der Waals surface area contributed by atoms with Crippen LogP contribution in [0.15, 0.2) is 41.0 Å². The van der Waals surface area contributed by atoms with Crippen molar-refractivity contribution in [1.29, 1.82) is 0 Å². The minimum Gasteiger partial charge on any atom is -0.318 e. The number of aryl methyl sites for hydroxylation is 1. The number of amides is 1. The predicted molar refractivity (Wildman–Crippen MR) is 71.0 cm³/mol. The van der Waals surface area contributed by atoms with Crippen molar-refractivity contribution in [2.75, 3.05) is 5.32 Å². The van der Waals surface area contributed by atoms with Crippen molar-refractivity contribution >= 4 is 27.5 Å². The highest BCUT2D eigenvalue weighted by molar-refractivity contribution is 9.10. The number of nitrogens with one attached hydrogen (secondary N) is 1. The van der Waals surface area contributed by atoms with E-state index in [1.54, 1.807) is 24.3 Å². The Balaban J connectivity index is 2.27. The minimum absolute atomic E-state index is 0.151. The molecule has 92 valence electrons. The molecule has 0 bridgehead atoms. The molecule has 1 heterocycles. The highest BCUT2D eigenvalue weighted by Gasteiger charge is 2.13. The third-order valence-corrected chi connectivity index (χ3v) is 2.98. The molecular weight excluding hydrogens is 299 g/mol. The number of halogens is 2. The lowest BCUT2D eigenvalue weighted by Crippen LogP contribution is -2.15. The zero-order valence-corrected chi connectivity index (χ0v) is 11.2. The van der Waals surface area contributed by atoms with Crippen molar-refractivity contribution in [3.8, 4) is 0 Å². The third-order valence-electron chi connectivity index (χ3n) is 2.34. The summed E-state index contributed by atoms with van der Waals surface area (Å²) in [5.41, 5.74) is 1.24. The van der Waals surface area contributed by atoms with Gasteiger partial charge in [-0.25, -0.2) is 9.37 Å². The first kappa shape index (κ1) is 12.7. The first-order valence-electron chi connectivity index (χ1n) is 5.26. The van der Waals surface area contributed by atoms with E-state index in [-0.39, 0.29) is 11.4 Å². The van der Waals surface area contributed by atoms with Gasteiger partial charge < -0.3 is 5.32 Å². The van der Waals surface area contributed by atoms with E-state index in [9.17, 15) is 9.18 Å². The number of carbonyl (C=O) groups is 1. The van der Waals surface area contributed by atoms with Gasteiger partial charge in [0, 0.05) is 10.7 Å². The molecule has 0 fully saturated rings. The van der Waals surface area contributed by atoms with Crippen LogP contribution in [0.2, 0.25) is 0 Å². The van der Waals surface area contributed by atoms with Crippen LogP contribution in [0.3, 0.4) is 0 Å². The Morgan fingerprint density at radius 1 is 1.39 bits per heavy atom. The summed E-state index contributed by atoms with van der Waals surface area (Å²) in [7, 11) is 0. The number of pyridine rings is 1. The number of hydrogen-bond acceptors (Lipinski definition) is 2. The molecule has 0 spiro atoms. The lowest BCUT2D eigenvalue weighted by molar-refractivity contribution is 0.102. The molecule has 0 aliphatic heterocycles. The molecule has 5 heteroatoms. The van der Waals surface area contributed by atoms with Gasteiger partial charge in [0.1, 0.15) is 11.5 Å². The maximum Gasteiger partial charge on any atom is 0.275 e. The third kappa shape index (κ3) is 2.73. The fraction of sp³-hybridized carbons (Fsp3) is 0.0769. The Labute approximate surface area is 112 Å². The van der Waals surface area contributed by atoms with E-state index in [1.165, 1.54) is 12.3 Å². The normalized spacial score (nSPS) is 10.2. The molecule has 1 N–H and O–H groups in total. The van der Waals surface area contributed by atoms with E-state index in [0.29, 0.717) is 4.47 Å². The minimum atomic E-state index is -0.471. The van der Waals surface area contributed by atoms with E-state index < -0.39 is 11.7 Å². The van der Waals surface area contributed by atoms with Crippen LogP contribution < -0.4 is 5.32 Å². The molecule has 0 atom stereocenters. The van der Waals surface area contributed by atoms with Crippen LogP contribution in [0.1, 0.15) is 16.1 Å². The van der Waals surface area contributed by atoms with Gasteiger partial charge >= 0.3 is 0 Å². The SMILES string of the molecule is Cc1ccc(F)c(NC(=O)c2ncccc2Br)c1. The Bertz CT molecular complexity index is 601. The van der Waals surface area contributed by atoms with Crippen molar-refractivity contribution in [2.24, 2.45) is 0 Å². The summed E-state index contributed by atoms with van der Waals surface area (Å²) >= 11 is 3.23. The van der Waals surface area contributed by atoms with E-state index in [2.05, 4.69) is 26.2 Å². The van der Waals surface area contributed by atoms with E-state index in [0.717, 1.165) is 5.56 Å². The van der Waals surface area contributed by atoms with Crippen molar-refractivity contribution in [2.45, 2.75) is 6.92 Å². The van der Waals surface area contributed by atoms with Crippen LogP contribution in [-0.4, -0.2) is 10.9 Å². The van der Waals surface area contributed by atoms with Gasteiger partial charge in [0.15, 0.2) is 0 Å². The van der Waals surface area contributed by atoms with Crippen molar-refractivity contribution in [1.82, 2.24) is 4.98 Å². The number of aromatic nitrogens is 1. The van der Waals surface area contributed by atoms with E-state index in [4.69, 9.17) is 0 Å². The zero-order chi connectivity index (χ0) is 13.1. The fourth-order valence-corrected chi connectivity index (χ4v) is 1.90. The Morgan fingerprint density at radius 3 is 2.89 bits per heavy atom. The Kier molecular flexibility index (Phi) is 3.72. The highest BCUT2D eigenvalue weighted by Crippen LogP contribution is 2.19. The van der Waals surface area contributed by atoms with Gasteiger partial charge in [0.25, 0.3) is 5.91 Å². The average Bonchev–Trinajstić information content (AvgIpc) is 2.34. The molecule has 2 aromatic rings. The number of rotatable bonds is 2. The molecule has 0 unspecified atom stereocenters. The van der Waals surface area contributed by atoms with Crippen LogP contribution in [-0.2, 0) is 0 Å². The van der Waals surface area contributed by atoms with Gasteiger partial charge in [-0.1, -0.05) is 6.07 Å². The van der Waals surface area contributed by atoms with Crippen LogP contribution in [0, 0.1) is 12.7 Å².